The molecule has 3 rings (SSSR count). The van der Waals surface area contributed by atoms with Gasteiger partial charge in [0, 0.05) is 18.9 Å². The minimum absolute atomic E-state index is 0.283. The Morgan fingerprint density at radius 3 is 2.96 bits per heavy atom. The van der Waals surface area contributed by atoms with Crippen molar-refractivity contribution < 1.29 is 14.1 Å². The predicted octanol–water partition coefficient (Wildman–Crippen LogP) is 3.61. The Labute approximate surface area is 138 Å². The molecule has 0 bridgehead atoms. The summed E-state index contributed by atoms with van der Waals surface area (Å²) >= 11 is 0. The maximum atomic E-state index is 10.6. The Morgan fingerprint density at radius 2 is 2.21 bits per heavy atom. The van der Waals surface area contributed by atoms with Crippen molar-refractivity contribution in [2.75, 3.05) is 7.11 Å². The lowest BCUT2D eigenvalue weighted by molar-refractivity contribution is -0.402. The van der Waals surface area contributed by atoms with Crippen molar-refractivity contribution in [3.63, 3.8) is 0 Å². The van der Waals surface area contributed by atoms with Gasteiger partial charge in [-0.3, -0.25) is 10.1 Å². The van der Waals surface area contributed by atoms with E-state index in [1.54, 1.807) is 31.5 Å². The topological polar surface area (TPSA) is 83.3 Å². The van der Waals surface area contributed by atoms with Crippen LogP contribution in [0.4, 0.5) is 5.88 Å². The van der Waals surface area contributed by atoms with Crippen LogP contribution in [0.1, 0.15) is 17.1 Å². The molecule has 1 aromatic carbocycles. The molecule has 0 aliphatic carbocycles. The molecule has 0 saturated carbocycles. The Morgan fingerprint density at radius 1 is 1.33 bits per heavy atom. The maximum absolute atomic E-state index is 10.6. The summed E-state index contributed by atoms with van der Waals surface area (Å²) in [7, 11) is 1.63. The van der Waals surface area contributed by atoms with E-state index in [4.69, 9.17) is 9.15 Å². The van der Waals surface area contributed by atoms with Gasteiger partial charge in [0.25, 0.3) is 0 Å². The standard InChI is InChI=1S/C17H15N3O4/c1-23-15-4-2-3-13(11-15)12-19-10-9-18-16(19)7-5-14-6-8-17(24-14)20(21)22/h2-11H,12H2,1H3/b7-5+. The number of aromatic nitrogens is 2. The first kappa shape index (κ1) is 15.5. The van der Waals surface area contributed by atoms with Gasteiger partial charge in [0.05, 0.1) is 13.2 Å². The van der Waals surface area contributed by atoms with Gasteiger partial charge in [-0.05, 0) is 35.9 Å². The van der Waals surface area contributed by atoms with Crippen LogP contribution in [0.15, 0.2) is 53.2 Å². The summed E-state index contributed by atoms with van der Waals surface area (Å²) in [5, 5.41) is 10.6. The first-order valence-corrected chi connectivity index (χ1v) is 7.22. The van der Waals surface area contributed by atoms with Gasteiger partial charge < -0.3 is 13.7 Å². The molecule has 0 radical (unpaired) electrons. The molecule has 0 unspecified atom stereocenters. The molecule has 0 atom stereocenters. The lowest BCUT2D eigenvalue weighted by Crippen LogP contribution is -2.01. The van der Waals surface area contributed by atoms with Crippen LogP contribution >= 0.6 is 0 Å². The molecule has 0 aliphatic rings. The third kappa shape index (κ3) is 3.52. The lowest BCUT2D eigenvalue weighted by Gasteiger charge is -2.07. The average molecular weight is 325 g/mol. The summed E-state index contributed by atoms with van der Waals surface area (Å²) in [6, 6.07) is 10.7. The molecule has 2 aromatic heterocycles. The Kier molecular flexibility index (Phi) is 4.42. The normalized spacial score (nSPS) is 11.0. The summed E-state index contributed by atoms with van der Waals surface area (Å²) in [6.07, 6.45) is 6.97. The number of furan rings is 1. The van der Waals surface area contributed by atoms with E-state index < -0.39 is 4.92 Å². The quantitative estimate of drug-likeness (QED) is 0.510. The SMILES string of the molecule is COc1cccc(Cn2ccnc2/C=C/c2ccc([N+](=O)[O-])o2)c1. The summed E-state index contributed by atoms with van der Waals surface area (Å²) in [5.41, 5.74) is 1.08. The third-order valence-electron chi connectivity index (χ3n) is 3.42. The fourth-order valence-electron chi connectivity index (χ4n) is 2.27. The lowest BCUT2D eigenvalue weighted by atomic mass is 10.2. The van der Waals surface area contributed by atoms with Gasteiger partial charge in [-0.15, -0.1) is 0 Å². The number of hydrogen-bond acceptors (Lipinski definition) is 5. The maximum Gasteiger partial charge on any atom is 0.433 e. The molecule has 122 valence electrons. The molecule has 24 heavy (non-hydrogen) atoms. The van der Waals surface area contributed by atoms with E-state index in [-0.39, 0.29) is 5.88 Å². The van der Waals surface area contributed by atoms with Gasteiger partial charge in [0.1, 0.15) is 22.3 Å². The molecule has 0 spiro atoms. The van der Waals surface area contributed by atoms with Crippen molar-refractivity contribution in [1.82, 2.24) is 9.55 Å². The Balaban J connectivity index is 1.77. The van der Waals surface area contributed by atoms with Crippen LogP contribution in [0.25, 0.3) is 12.2 Å². The van der Waals surface area contributed by atoms with Gasteiger partial charge in [-0.25, -0.2) is 4.98 Å². The van der Waals surface area contributed by atoms with Crippen LogP contribution < -0.4 is 4.74 Å². The van der Waals surface area contributed by atoms with E-state index >= 15 is 0 Å². The monoisotopic (exact) mass is 325 g/mol. The second kappa shape index (κ2) is 6.82. The molecule has 7 heteroatoms. The Hall–Kier alpha value is -3.35. The average Bonchev–Trinajstić information content (AvgIpc) is 3.22. The van der Waals surface area contributed by atoms with Crippen molar-refractivity contribution in [2.24, 2.45) is 0 Å². The molecule has 0 fully saturated rings. The first-order valence-electron chi connectivity index (χ1n) is 7.22. The van der Waals surface area contributed by atoms with Crippen molar-refractivity contribution in [1.29, 1.82) is 0 Å². The molecule has 0 aliphatic heterocycles. The molecular formula is C17H15N3O4. The van der Waals surface area contributed by atoms with Gasteiger partial charge in [-0.1, -0.05) is 12.1 Å². The predicted molar refractivity (Wildman–Crippen MR) is 88.6 cm³/mol. The highest BCUT2D eigenvalue weighted by atomic mass is 16.6. The smallest absolute Gasteiger partial charge is 0.433 e. The van der Waals surface area contributed by atoms with Crippen molar-refractivity contribution in [3.8, 4) is 5.75 Å². The van der Waals surface area contributed by atoms with E-state index in [1.807, 2.05) is 35.0 Å². The highest BCUT2D eigenvalue weighted by molar-refractivity contribution is 5.64. The van der Waals surface area contributed by atoms with Gasteiger partial charge in [0.15, 0.2) is 0 Å². The van der Waals surface area contributed by atoms with Crippen LogP contribution in [0.5, 0.6) is 5.75 Å². The highest BCUT2D eigenvalue weighted by Gasteiger charge is 2.10. The zero-order valence-electron chi connectivity index (χ0n) is 13.0. The molecular weight excluding hydrogens is 310 g/mol. The third-order valence-corrected chi connectivity index (χ3v) is 3.42. The van der Waals surface area contributed by atoms with Crippen molar-refractivity contribution in [2.45, 2.75) is 6.54 Å². The zero-order chi connectivity index (χ0) is 16.9. The summed E-state index contributed by atoms with van der Waals surface area (Å²) < 4.78 is 12.3. The van der Waals surface area contributed by atoms with E-state index in [1.165, 1.54) is 6.07 Å². The van der Waals surface area contributed by atoms with E-state index in [2.05, 4.69) is 4.98 Å². The number of nitrogens with zero attached hydrogens (tertiary/aromatic N) is 3. The number of methoxy groups -OCH3 is 1. The number of rotatable bonds is 6. The fourth-order valence-corrected chi connectivity index (χ4v) is 2.27. The van der Waals surface area contributed by atoms with Crippen LogP contribution in [0, 0.1) is 10.1 Å². The first-order chi connectivity index (χ1) is 11.7. The number of hydrogen-bond donors (Lipinski definition) is 0. The summed E-state index contributed by atoms with van der Waals surface area (Å²) in [6.45, 7) is 0.634. The second-order valence-electron chi connectivity index (χ2n) is 5.03. The minimum atomic E-state index is -0.568. The minimum Gasteiger partial charge on any atom is -0.497 e. The molecule has 0 amide bonds. The second-order valence-corrected chi connectivity index (χ2v) is 5.03. The van der Waals surface area contributed by atoms with Gasteiger partial charge in [0.2, 0.25) is 0 Å². The molecule has 0 saturated heterocycles. The largest absolute Gasteiger partial charge is 0.497 e. The van der Waals surface area contributed by atoms with E-state index in [0.29, 0.717) is 12.3 Å². The van der Waals surface area contributed by atoms with Gasteiger partial charge >= 0.3 is 5.88 Å². The molecule has 3 aromatic rings. The van der Waals surface area contributed by atoms with Crippen LogP contribution in [0.2, 0.25) is 0 Å². The molecule has 7 nitrogen and oxygen atoms in total. The van der Waals surface area contributed by atoms with Crippen molar-refractivity contribution in [3.05, 3.63) is 76.1 Å². The summed E-state index contributed by atoms with van der Waals surface area (Å²) in [4.78, 5) is 14.3. The number of benzene rings is 1. The molecule has 2 heterocycles. The molecule has 0 N–H and O–H groups in total. The number of imidazole rings is 1. The van der Waals surface area contributed by atoms with E-state index in [9.17, 15) is 10.1 Å². The fraction of sp³-hybridized carbons (Fsp3) is 0.118. The zero-order valence-corrected chi connectivity index (χ0v) is 13.0. The van der Waals surface area contributed by atoms with E-state index in [0.717, 1.165) is 17.1 Å². The van der Waals surface area contributed by atoms with Crippen LogP contribution in [-0.2, 0) is 6.54 Å². The van der Waals surface area contributed by atoms with Crippen LogP contribution in [0.3, 0.4) is 0 Å². The number of ether oxygens (including phenoxy) is 1. The highest BCUT2D eigenvalue weighted by Crippen LogP contribution is 2.18. The van der Waals surface area contributed by atoms with Crippen LogP contribution in [-0.4, -0.2) is 21.6 Å². The van der Waals surface area contributed by atoms with Gasteiger partial charge in [-0.2, -0.15) is 0 Å². The Bertz CT molecular complexity index is 879. The number of nitro groups is 1. The van der Waals surface area contributed by atoms with Crippen molar-refractivity contribution >= 4 is 18.0 Å². The summed E-state index contributed by atoms with van der Waals surface area (Å²) in [5.74, 6) is 1.64.